The lowest BCUT2D eigenvalue weighted by Gasteiger charge is -2.16. The Balaban J connectivity index is 3.67. The van der Waals surface area contributed by atoms with E-state index in [9.17, 15) is 26.7 Å². The summed E-state index contributed by atoms with van der Waals surface area (Å²) in [6.45, 7) is 0. The Morgan fingerprint density at radius 2 is 2.00 bits per heavy atom. The van der Waals surface area contributed by atoms with Gasteiger partial charge in [-0.1, -0.05) is 0 Å². The quantitative estimate of drug-likeness (QED) is 0.859. The van der Waals surface area contributed by atoms with Crippen LogP contribution in [0.25, 0.3) is 0 Å². The Hall–Kier alpha value is -1.93. The first-order chi connectivity index (χ1) is 8.20. The lowest BCUT2D eigenvalue weighted by atomic mass is 10.1. The number of hydrogen-bond donors (Lipinski definition) is 1. The molecule has 0 aliphatic carbocycles. The number of hydrogen-bond acceptors (Lipinski definition) is 3. The van der Waals surface area contributed by atoms with Gasteiger partial charge < -0.3 is 9.84 Å². The second kappa shape index (κ2) is 4.75. The minimum Gasteiger partial charge on any atom is -0.495 e. The van der Waals surface area contributed by atoms with E-state index in [-0.39, 0.29) is 0 Å². The monoisotopic (exact) mass is 271 g/mol. The second-order valence-electron chi connectivity index (χ2n) is 3.07. The van der Waals surface area contributed by atoms with Crippen LogP contribution in [0.3, 0.4) is 0 Å². The Bertz CT molecular complexity index is 472. The van der Waals surface area contributed by atoms with Gasteiger partial charge in [0.25, 0.3) is 6.43 Å². The Labute approximate surface area is 97.0 Å². The molecule has 0 aromatic carbocycles. The molecule has 0 spiro atoms. The van der Waals surface area contributed by atoms with Gasteiger partial charge in [-0.3, -0.25) is 4.98 Å². The lowest BCUT2D eigenvalue weighted by molar-refractivity contribution is -0.141. The summed E-state index contributed by atoms with van der Waals surface area (Å²) in [5.41, 5.74) is -4.38. The molecule has 0 radical (unpaired) electrons. The van der Waals surface area contributed by atoms with Gasteiger partial charge >= 0.3 is 12.1 Å². The van der Waals surface area contributed by atoms with Crippen molar-refractivity contribution >= 4 is 5.97 Å². The van der Waals surface area contributed by atoms with Crippen molar-refractivity contribution in [2.24, 2.45) is 0 Å². The highest BCUT2D eigenvalue weighted by Crippen LogP contribution is 2.42. The molecule has 1 rings (SSSR count). The molecule has 0 fully saturated rings. The lowest BCUT2D eigenvalue weighted by Crippen LogP contribution is -2.16. The molecular formula is C9H6F5NO3. The summed E-state index contributed by atoms with van der Waals surface area (Å²) in [6.07, 6.45) is -8.30. The van der Waals surface area contributed by atoms with Crippen molar-refractivity contribution in [1.82, 2.24) is 4.98 Å². The third-order valence-electron chi connectivity index (χ3n) is 1.99. The molecule has 4 nitrogen and oxygen atoms in total. The SMILES string of the molecule is COc1c(C(=O)O)cnc(C(F)F)c1C(F)(F)F. The van der Waals surface area contributed by atoms with Crippen molar-refractivity contribution in [3.63, 3.8) is 0 Å². The molecule has 1 aromatic heterocycles. The highest BCUT2D eigenvalue weighted by molar-refractivity contribution is 5.91. The summed E-state index contributed by atoms with van der Waals surface area (Å²) in [5, 5.41) is 8.64. The van der Waals surface area contributed by atoms with Crippen LogP contribution < -0.4 is 4.74 Å². The maximum absolute atomic E-state index is 12.7. The van der Waals surface area contributed by atoms with Crippen molar-refractivity contribution in [1.29, 1.82) is 0 Å². The van der Waals surface area contributed by atoms with Crippen LogP contribution in [0.1, 0.15) is 28.0 Å². The molecule has 100 valence electrons. The molecule has 0 aliphatic rings. The molecule has 1 heterocycles. The summed E-state index contributed by atoms with van der Waals surface area (Å²) in [4.78, 5) is 13.5. The minimum atomic E-state index is -5.20. The number of rotatable bonds is 3. The number of carboxylic acids is 1. The zero-order valence-electron chi connectivity index (χ0n) is 8.76. The van der Waals surface area contributed by atoms with E-state index in [0.29, 0.717) is 6.20 Å². The fourth-order valence-electron chi connectivity index (χ4n) is 1.31. The van der Waals surface area contributed by atoms with E-state index in [1.165, 1.54) is 0 Å². The number of carboxylic acid groups (broad SMARTS) is 1. The van der Waals surface area contributed by atoms with Gasteiger partial charge in [-0.15, -0.1) is 0 Å². The maximum Gasteiger partial charge on any atom is 0.421 e. The number of aromatic nitrogens is 1. The van der Waals surface area contributed by atoms with Gasteiger partial charge in [0.15, 0.2) is 0 Å². The van der Waals surface area contributed by atoms with Crippen molar-refractivity contribution in [3.8, 4) is 5.75 Å². The molecule has 1 N–H and O–H groups in total. The van der Waals surface area contributed by atoms with Crippen LogP contribution in [-0.2, 0) is 6.18 Å². The van der Waals surface area contributed by atoms with Gasteiger partial charge in [0.1, 0.15) is 22.6 Å². The van der Waals surface area contributed by atoms with Crippen LogP contribution in [-0.4, -0.2) is 23.2 Å². The van der Waals surface area contributed by atoms with Crippen LogP contribution in [0.2, 0.25) is 0 Å². The van der Waals surface area contributed by atoms with Crippen LogP contribution in [0.4, 0.5) is 22.0 Å². The molecular weight excluding hydrogens is 265 g/mol. The molecule has 1 aromatic rings. The number of carbonyl (C=O) groups is 1. The molecule has 0 atom stereocenters. The first-order valence-corrected chi connectivity index (χ1v) is 4.35. The van der Waals surface area contributed by atoms with Crippen LogP contribution in [0.15, 0.2) is 6.20 Å². The summed E-state index contributed by atoms with van der Waals surface area (Å²) in [7, 11) is 0.756. The van der Waals surface area contributed by atoms with Crippen molar-refractivity contribution in [2.75, 3.05) is 7.11 Å². The average molecular weight is 271 g/mol. The van der Waals surface area contributed by atoms with Gasteiger partial charge in [-0.2, -0.15) is 13.2 Å². The predicted molar refractivity (Wildman–Crippen MR) is 47.7 cm³/mol. The zero-order chi connectivity index (χ0) is 14.1. The Kier molecular flexibility index (Phi) is 3.73. The van der Waals surface area contributed by atoms with Gasteiger partial charge in [-0.05, 0) is 0 Å². The third kappa shape index (κ3) is 2.49. The number of nitrogens with zero attached hydrogens (tertiary/aromatic N) is 1. The van der Waals surface area contributed by atoms with E-state index in [1.807, 2.05) is 0 Å². The topological polar surface area (TPSA) is 59.4 Å². The average Bonchev–Trinajstić information content (AvgIpc) is 2.25. The summed E-state index contributed by atoms with van der Waals surface area (Å²) in [6, 6.07) is 0. The molecule has 18 heavy (non-hydrogen) atoms. The zero-order valence-corrected chi connectivity index (χ0v) is 8.76. The highest BCUT2D eigenvalue weighted by atomic mass is 19.4. The number of halogens is 5. The Morgan fingerprint density at radius 3 is 2.33 bits per heavy atom. The highest BCUT2D eigenvalue weighted by Gasteiger charge is 2.42. The van der Waals surface area contributed by atoms with E-state index in [4.69, 9.17) is 5.11 Å². The minimum absolute atomic E-state index is 0.401. The number of alkyl halides is 5. The second-order valence-corrected chi connectivity index (χ2v) is 3.07. The summed E-state index contributed by atoms with van der Waals surface area (Å²) >= 11 is 0. The standard InChI is InChI=1S/C9H6F5NO3/c1-18-6-3(8(16)17)2-15-5(7(10)11)4(6)9(12,13)14/h2,7H,1H3,(H,16,17). The van der Waals surface area contributed by atoms with Crippen molar-refractivity contribution < 1.29 is 36.6 Å². The van der Waals surface area contributed by atoms with E-state index in [0.717, 1.165) is 7.11 Å². The number of ether oxygens (including phenoxy) is 1. The molecule has 0 amide bonds. The van der Waals surface area contributed by atoms with E-state index < -0.39 is 41.1 Å². The van der Waals surface area contributed by atoms with Gasteiger partial charge in [0, 0.05) is 6.20 Å². The molecule has 0 aliphatic heterocycles. The Morgan fingerprint density at radius 1 is 1.44 bits per heavy atom. The van der Waals surface area contributed by atoms with E-state index >= 15 is 0 Å². The summed E-state index contributed by atoms with van der Waals surface area (Å²) < 4.78 is 67.1. The van der Waals surface area contributed by atoms with Crippen LogP contribution in [0.5, 0.6) is 5.75 Å². The van der Waals surface area contributed by atoms with Crippen LogP contribution >= 0.6 is 0 Å². The maximum atomic E-state index is 12.7. The van der Waals surface area contributed by atoms with E-state index in [1.54, 1.807) is 0 Å². The molecule has 0 saturated heterocycles. The normalized spacial score (nSPS) is 11.7. The largest absolute Gasteiger partial charge is 0.495 e. The van der Waals surface area contributed by atoms with Gasteiger partial charge in [-0.25, -0.2) is 13.6 Å². The fourth-order valence-corrected chi connectivity index (χ4v) is 1.31. The van der Waals surface area contributed by atoms with Crippen LogP contribution in [0, 0.1) is 0 Å². The molecule has 0 saturated carbocycles. The number of methoxy groups -OCH3 is 1. The third-order valence-corrected chi connectivity index (χ3v) is 1.99. The first-order valence-electron chi connectivity index (χ1n) is 4.35. The predicted octanol–water partition coefficient (Wildman–Crippen LogP) is 2.74. The molecule has 9 heteroatoms. The number of pyridine rings is 1. The molecule has 0 bridgehead atoms. The fraction of sp³-hybridized carbons (Fsp3) is 0.333. The summed E-state index contributed by atoms with van der Waals surface area (Å²) in [5.74, 6) is -2.94. The van der Waals surface area contributed by atoms with Gasteiger partial charge in [0.05, 0.1) is 7.11 Å². The first kappa shape index (κ1) is 14.1. The smallest absolute Gasteiger partial charge is 0.421 e. The van der Waals surface area contributed by atoms with Crippen molar-refractivity contribution in [3.05, 3.63) is 23.0 Å². The van der Waals surface area contributed by atoms with Gasteiger partial charge in [0.2, 0.25) is 0 Å². The molecule has 0 unspecified atom stereocenters. The number of aromatic carboxylic acids is 1. The van der Waals surface area contributed by atoms with E-state index in [2.05, 4.69) is 9.72 Å². The van der Waals surface area contributed by atoms with Crippen molar-refractivity contribution in [2.45, 2.75) is 12.6 Å².